The predicted octanol–water partition coefficient (Wildman–Crippen LogP) is 4.54. The van der Waals surface area contributed by atoms with E-state index >= 15 is 0 Å². The minimum atomic E-state index is -0.122. The second-order valence-corrected chi connectivity index (χ2v) is 5.61. The lowest BCUT2D eigenvalue weighted by atomic mass is 10.0. The number of hydrogen-bond acceptors (Lipinski definition) is 2. The van der Waals surface area contributed by atoms with Crippen molar-refractivity contribution < 1.29 is 9.53 Å². The van der Waals surface area contributed by atoms with Crippen LogP contribution in [-0.4, -0.2) is 13.0 Å². The van der Waals surface area contributed by atoms with Crippen LogP contribution >= 0.6 is 11.6 Å². The van der Waals surface area contributed by atoms with Crippen LogP contribution in [0.4, 0.5) is 0 Å². The molecular formula is C18H20ClNO2. The number of methoxy groups -OCH3 is 1. The zero-order valence-electron chi connectivity index (χ0n) is 13.0. The molecule has 1 unspecified atom stereocenters. The number of halogens is 1. The Kier molecular flexibility index (Phi) is 5.45. The number of hydrogen-bond donors (Lipinski definition) is 1. The lowest BCUT2D eigenvalue weighted by Crippen LogP contribution is -2.28. The Morgan fingerprint density at radius 2 is 2.05 bits per heavy atom. The third-order valence-electron chi connectivity index (χ3n) is 3.62. The zero-order chi connectivity index (χ0) is 16.1. The van der Waals surface area contributed by atoms with Crippen molar-refractivity contribution in [3.8, 4) is 5.75 Å². The molecule has 116 valence electrons. The molecule has 0 saturated heterocycles. The maximum atomic E-state index is 12.4. The number of rotatable bonds is 5. The first-order valence-electron chi connectivity index (χ1n) is 7.26. The van der Waals surface area contributed by atoms with E-state index < -0.39 is 0 Å². The maximum absolute atomic E-state index is 12.4. The van der Waals surface area contributed by atoms with Crippen LogP contribution in [0.25, 0.3) is 0 Å². The van der Waals surface area contributed by atoms with Crippen LogP contribution < -0.4 is 10.1 Å². The molecule has 0 aliphatic rings. The number of nitrogens with one attached hydrogen (secondary N) is 1. The van der Waals surface area contributed by atoms with Gasteiger partial charge in [0, 0.05) is 10.6 Å². The predicted molar refractivity (Wildman–Crippen MR) is 89.7 cm³/mol. The normalized spacial score (nSPS) is 11.8. The monoisotopic (exact) mass is 317 g/mol. The Balaban J connectivity index is 2.18. The molecule has 2 rings (SSSR count). The summed E-state index contributed by atoms with van der Waals surface area (Å²) in [6.07, 6.45) is 0.804. The van der Waals surface area contributed by atoms with Gasteiger partial charge in [-0.1, -0.05) is 36.7 Å². The van der Waals surface area contributed by atoms with Crippen molar-refractivity contribution in [2.75, 3.05) is 7.11 Å². The van der Waals surface area contributed by atoms with Gasteiger partial charge in [-0.25, -0.2) is 0 Å². The van der Waals surface area contributed by atoms with Gasteiger partial charge in [0.25, 0.3) is 5.91 Å². The molecule has 0 radical (unpaired) electrons. The first-order chi connectivity index (χ1) is 10.5. The summed E-state index contributed by atoms with van der Waals surface area (Å²) in [5, 5.41) is 3.61. The molecule has 1 amide bonds. The average molecular weight is 318 g/mol. The highest BCUT2D eigenvalue weighted by molar-refractivity contribution is 6.30. The summed E-state index contributed by atoms with van der Waals surface area (Å²) in [5.74, 6) is 0.725. The number of ether oxygens (including phenoxy) is 1. The minimum absolute atomic E-state index is 0.0453. The molecule has 2 aromatic rings. The van der Waals surface area contributed by atoms with Crippen LogP contribution in [0.1, 0.15) is 40.9 Å². The molecule has 0 heterocycles. The Hall–Kier alpha value is -2.00. The summed E-state index contributed by atoms with van der Waals surface area (Å²) in [5.41, 5.74) is 2.68. The van der Waals surface area contributed by atoms with Crippen LogP contribution in [0.3, 0.4) is 0 Å². The fraction of sp³-hybridized carbons (Fsp3) is 0.278. The zero-order valence-corrected chi connectivity index (χ0v) is 13.8. The highest BCUT2D eigenvalue weighted by Crippen LogP contribution is 2.24. The smallest absolute Gasteiger partial charge is 0.251 e. The van der Waals surface area contributed by atoms with E-state index in [4.69, 9.17) is 16.3 Å². The SMILES string of the molecule is CCC(NC(=O)c1cccc(Cl)c1)c1ccc(OC)c(C)c1. The summed E-state index contributed by atoms with van der Waals surface area (Å²) in [4.78, 5) is 12.4. The molecule has 4 heteroatoms. The second kappa shape index (κ2) is 7.32. The third-order valence-corrected chi connectivity index (χ3v) is 3.86. The van der Waals surface area contributed by atoms with Gasteiger partial charge < -0.3 is 10.1 Å². The highest BCUT2D eigenvalue weighted by Gasteiger charge is 2.15. The summed E-state index contributed by atoms with van der Waals surface area (Å²) in [6, 6.07) is 12.9. The largest absolute Gasteiger partial charge is 0.496 e. The molecule has 0 aliphatic carbocycles. The van der Waals surface area contributed by atoms with E-state index in [1.54, 1.807) is 31.4 Å². The van der Waals surface area contributed by atoms with Crippen LogP contribution in [0.2, 0.25) is 5.02 Å². The van der Waals surface area contributed by atoms with Gasteiger partial charge in [0.1, 0.15) is 5.75 Å². The lowest BCUT2D eigenvalue weighted by Gasteiger charge is -2.19. The van der Waals surface area contributed by atoms with E-state index in [1.165, 1.54) is 0 Å². The number of carbonyl (C=O) groups is 1. The molecule has 0 spiro atoms. The van der Waals surface area contributed by atoms with Crippen molar-refractivity contribution in [1.29, 1.82) is 0 Å². The number of benzene rings is 2. The first-order valence-corrected chi connectivity index (χ1v) is 7.64. The number of aryl methyl sites for hydroxylation is 1. The van der Waals surface area contributed by atoms with Crippen molar-refractivity contribution in [1.82, 2.24) is 5.32 Å². The molecule has 0 aromatic heterocycles. The van der Waals surface area contributed by atoms with E-state index in [9.17, 15) is 4.79 Å². The van der Waals surface area contributed by atoms with Crippen LogP contribution in [0.15, 0.2) is 42.5 Å². The fourth-order valence-corrected chi connectivity index (χ4v) is 2.60. The van der Waals surface area contributed by atoms with E-state index in [1.807, 2.05) is 32.0 Å². The van der Waals surface area contributed by atoms with Gasteiger partial charge in [-0.05, 0) is 48.7 Å². The van der Waals surface area contributed by atoms with Gasteiger partial charge in [-0.15, -0.1) is 0 Å². The molecule has 1 N–H and O–H groups in total. The van der Waals surface area contributed by atoms with Crippen LogP contribution in [-0.2, 0) is 0 Å². The summed E-state index contributed by atoms with van der Waals surface area (Å²) in [7, 11) is 1.65. The van der Waals surface area contributed by atoms with Crippen molar-refractivity contribution >= 4 is 17.5 Å². The Morgan fingerprint density at radius 1 is 1.27 bits per heavy atom. The van der Waals surface area contributed by atoms with E-state index in [2.05, 4.69) is 5.32 Å². The lowest BCUT2D eigenvalue weighted by molar-refractivity contribution is 0.0935. The van der Waals surface area contributed by atoms with Crippen molar-refractivity contribution in [3.05, 3.63) is 64.2 Å². The Labute approximate surface area is 136 Å². The summed E-state index contributed by atoms with van der Waals surface area (Å²) in [6.45, 7) is 4.04. The molecule has 0 bridgehead atoms. The van der Waals surface area contributed by atoms with E-state index in [-0.39, 0.29) is 11.9 Å². The van der Waals surface area contributed by atoms with Gasteiger partial charge in [0.2, 0.25) is 0 Å². The minimum Gasteiger partial charge on any atom is -0.496 e. The van der Waals surface area contributed by atoms with Gasteiger partial charge in [0.15, 0.2) is 0 Å². The molecular weight excluding hydrogens is 298 g/mol. The van der Waals surface area contributed by atoms with Gasteiger partial charge >= 0.3 is 0 Å². The number of amides is 1. The molecule has 1 atom stereocenters. The first kappa shape index (κ1) is 16.4. The van der Waals surface area contributed by atoms with Crippen molar-refractivity contribution in [3.63, 3.8) is 0 Å². The molecule has 0 aliphatic heterocycles. The highest BCUT2D eigenvalue weighted by atomic mass is 35.5. The van der Waals surface area contributed by atoms with Crippen LogP contribution in [0, 0.1) is 6.92 Å². The molecule has 0 saturated carbocycles. The van der Waals surface area contributed by atoms with Crippen LogP contribution in [0.5, 0.6) is 5.75 Å². The van der Waals surface area contributed by atoms with Gasteiger partial charge in [-0.3, -0.25) is 4.79 Å². The van der Waals surface area contributed by atoms with E-state index in [0.29, 0.717) is 10.6 Å². The Morgan fingerprint density at radius 3 is 2.64 bits per heavy atom. The van der Waals surface area contributed by atoms with Crippen molar-refractivity contribution in [2.45, 2.75) is 26.3 Å². The number of carbonyl (C=O) groups excluding carboxylic acids is 1. The summed E-state index contributed by atoms with van der Waals surface area (Å²) >= 11 is 5.94. The fourth-order valence-electron chi connectivity index (χ4n) is 2.41. The van der Waals surface area contributed by atoms with Gasteiger partial charge in [-0.2, -0.15) is 0 Å². The molecule has 2 aromatic carbocycles. The molecule has 0 fully saturated rings. The average Bonchev–Trinajstić information content (AvgIpc) is 2.52. The maximum Gasteiger partial charge on any atom is 0.251 e. The Bertz CT molecular complexity index is 670. The third kappa shape index (κ3) is 3.80. The molecule has 3 nitrogen and oxygen atoms in total. The van der Waals surface area contributed by atoms with Gasteiger partial charge in [0.05, 0.1) is 13.2 Å². The topological polar surface area (TPSA) is 38.3 Å². The quantitative estimate of drug-likeness (QED) is 0.879. The standard InChI is InChI=1S/C18H20ClNO2/c1-4-16(13-8-9-17(22-3)12(2)10-13)20-18(21)14-6-5-7-15(19)11-14/h5-11,16H,4H2,1-3H3,(H,20,21). The van der Waals surface area contributed by atoms with Crippen molar-refractivity contribution in [2.24, 2.45) is 0 Å². The molecule has 22 heavy (non-hydrogen) atoms. The second-order valence-electron chi connectivity index (χ2n) is 5.17. The van der Waals surface area contributed by atoms with E-state index in [0.717, 1.165) is 23.3 Å². The summed E-state index contributed by atoms with van der Waals surface area (Å²) < 4.78 is 5.27.